The maximum Gasteiger partial charge on any atom is 0.0498 e. The molecule has 0 atom stereocenters. The second-order valence-corrected chi connectivity index (χ2v) is 3.70. The number of para-hydroxylation sites is 1. The minimum atomic E-state index is 0.828. The maximum atomic E-state index is 3.43. The third-order valence-corrected chi connectivity index (χ3v) is 2.72. The van der Waals surface area contributed by atoms with Crippen LogP contribution in [0.5, 0.6) is 0 Å². The molecule has 1 heterocycles. The van der Waals surface area contributed by atoms with E-state index in [1.54, 1.807) is 0 Å². The van der Waals surface area contributed by atoms with Gasteiger partial charge < -0.3 is 4.98 Å². The SMILES string of the molecule is C1#CCc2[nH]c3ccccc3c2/C=C\C1. The van der Waals surface area contributed by atoms with Crippen LogP contribution < -0.4 is 0 Å². The van der Waals surface area contributed by atoms with Gasteiger partial charge in [-0.2, -0.15) is 0 Å². The number of aromatic nitrogens is 1. The van der Waals surface area contributed by atoms with E-state index in [4.69, 9.17) is 0 Å². The van der Waals surface area contributed by atoms with Gasteiger partial charge in [-0.1, -0.05) is 42.2 Å². The number of nitrogens with one attached hydrogen (secondary N) is 1. The Morgan fingerprint density at radius 3 is 3.07 bits per heavy atom. The van der Waals surface area contributed by atoms with E-state index in [0.717, 1.165) is 12.8 Å². The first kappa shape index (κ1) is 8.38. The highest BCUT2D eigenvalue weighted by molar-refractivity contribution is 5.90. The van der Waals surface area contributed by atoms with Gasteiger partial charge in [-0.05, 0) is 6.07 Å². The monoisotopic (exact) mass is 193 g/mol. The molecular formula is C14H11N. The molecule has 1 aromatic heterocycles. The van der Waals surface area contributed by atoms with Crippen molar-refractivity contribution in [1.29, 1.82) is 0 Å². The van der Waals surface area contributed by atoms with Gasteiger partial charge in [0.25, 0.3) is 0 Å². The third kappa shape index (κ3) is 1.35. The van der Waals surface area contributed by atoms with Crippen molar-refractivity contribution in [2.24, 2.45) is 0 Å². The van der Waals surface area contributed by atoms with Gasteiger partial charge in [0.15, 0.2) is 0 Å². The summed E-state index contributed by atoms with van der Waals surface area (Å²) in [7, 11) is 0. The van der Waals surface area contributed by atoms with E-state index < -0.39 is 0 Å². The lowest BCUT2D eigenvalue weighted by atomic mass is 10.1. The van der Waals surface area contributed by atoms with E-state index in [-0.39, 0.29) is 0 Å². The van der Waals surface area contributed by atoms with Crippen LogP contribution in [0.3, 0.4) is 0 Å². The summed E-state index contributed by atoms with van der Waals surface area (Å²) in [6.45, 7) is 0. The first-order chi connectivity index (χ1) is 7.45. The van der Waals surface area contributed by atoms with Crippen LogP contribution in [0.2, 0.25) is 0 Å². The number of H-pyrrole nitrogens is 1. The van der Waals surface area contributed by atoms with Gasteiger partial charge in [0.1, 0.15) is 0 Å². The number of aromatic amines is 1. The average Bonchev–Trinajstić information content (AvgIpc) is 2.55. The van der Waals surface area contributed by atoms with Crippen molar-refractivity contribution in [3.05, 3.63) is 41.6 Å². The number of benzene rings is 1. The van der Waals surface area contributed by atoms with Crippen molar-refractivity contribution < 1.29 is 0 Å². The van der Waals surface area contributed by atoms with Gasteiger partial charge in [0.2, 0.25) is 0 Å². The van der Waals surface area contributed by atoms with Crippen LogP contribution in [0.1, 0.15) is 17.7 Å². The summed E-state index contributed by atoms with van der Waals surface area (Å²) < 4.78 is 0. The Bertz CT molecular complexity index is 591. The predicted octanol–water partition coefficient (Wildman–Crippen LogP) is 3.13. The average molecular weight is 193 g/mol. The van der Waals surface area contributed by atoms with Gasteiger partial charge in [0.05, 0.1) is 0 Å². The van der Waals surface area contributed by atoms with Crippen LogP contribution in [0, 0.1) is 11.8 Å². The molecule has 0 amide bonds. The summed E-state index contributed by atoms with van der Waals surface area (Å²) in [6, 6.07) is 8.40. The normalized spacial score (nSPS) is 16.0. The molecule has 0 saturated carbocycles. The van der Waals surface area contributed by atoms with E-state index in [0.29, 0.717) is 0 Å². The van der Waals surface area contributed by atoms with Crippen LogP contribution in [0.15, 0.2) is 30.3 Å². The van der Waals surface area contributed by atoms with E-state index >= 15 is 0 Å². The molecule has 0 fully saturated rings. The molecule has 0 aliphatic heterocycles. The molecule has 0 bridgehead atoms. The van der Waals surface area contributed by atoms with Gasteiger partial charge in [0, 0.05) is 35.0 Å². The Labute approximate surface area is 88.8 Å². The van der Waals surface area contributed by atoms with Crippen molar-refractivity contribution >= 4 is 17.0 Å². The Morgan fingerprint density at radius 2 is 2.07 bits per heavy atom. The fraction of sp³-hybridized carbons (Fsp3) is 0.143. The second kappa shape index (κ2) is 3.33. The minimum Gasteiger partial charge on any atom is -0.357 e. The molecule has 2 aromatic rings. The molecule has 1 aliphatic rings. The standard InChI is InChI=1S/C14H11N/c1-2-4-9-13-11(7-3-1)12-8-5-6-10-14(12)15-13/h3,5-8,10,15H,1,9H2/b7-3-. The largest absolute Gasteiger partial charge is 0.357 e. The highest BCUT2D eigenvalue weighted by atomic mass is 14.7. The summed E-state index contributed by atoms with van der Waals surface area (Å²) in [5.74, 6) is 6.29. The summed E-state index contributed by atoms with van der Waals surface area (Å²) in [5.41, 5.74) is 3.75. The summed E-state index contributed by atoms with van der Waals surface area (Å²) in [5, 5.41) is 1.30. The van der Waals surface area contributed by atoms with Crippen LogP contribution >= 0.6 is 0 Å². The number of hydrogen-bond acceptors (Lipinski definition) is 0. The first-order valence-corrected chi connectivity index (χ1v) is 5.17. The van der Waals surface area contributed by atoms with E-state index in [9.17, 15) is 0 Å². The van der Waals surface area contributed by atoms with Gasteiger partial charge >= 0.3 is 0 Å². The molecule has 1 aliphatic carbocycles. The fourth-order valence-electron chi connectivity index (χ4n) is 2.01. The zero-order valence-electron chi connectivity index (χ0n) is 8.38. The number of fused-ring (bicyclic) bond motifs is 3. The van der Waals surface area contributed by atoms with Crippen LogP contribution in [-0.2, 0) is 6.42 Å². The number of hydrogen-bond donors (Lipinski definition) is 1. The molecule has 3 rings (SSSR count). The van der Waals surface area contributed by atoms with E-state index in [1.165, 1.54) is 22.2 Å². The van der Waals surface area contributed by atoms with E-state index in [2.05, 4.69) is 53.2 Å². The Balaban J connectivity index is 2.32. The highest BCUT2D eigenvalue weighted by Crippen LogP contribution is 2.24. The molecule has 72 valence electrons. The van der Waals surface area contributed by atoms with Crippen molar-refractivity contribution in [3.8, 4) is 11.8 Å². The van der Waals surface area contributed by atoms with Crippen molar-refractivity contribution in [2.75, 3.05) is 0 Å². The molecule has 1 nitrogen and oxygen atoms in total. The van der Waals surface area contributed by atoms with Crippen molar-refractivity contribution in [1.82, 2.24) is 4.98 Å². The minimum absolute atomic E-state index is 0.828. The Morgan fingerprint density at radius 1 is 1.13 bits per heavy atom. The van der Waals surface area contributed by atoms with Crippen LogP contribution in [-0.4, -0.2) is 4.98 Å². The molecule has 0 radical (unpaired) electrons. The lowest BCUT2D eigenvalue weighted by Gasteiger charge is -1.96. The van der Waals surface area contributed by atoms with Gasteiger partial charge in [-0.15, -0.1) is 0 Å². The first-order valence-electron chi connectivity index (χ1n) is 5.17. The lowest BCUT2D eigenvalue weighted by Crippen LogP contribution is -1.86. The molecule has 15 heavy (non-hydrogen) atoms. The molecule has 0 spiro atoms. The third-order valence-electron chi connectivity index (χ3n) is 2.72. The number of rotatable bonds is 0. The smallest absolute Gasteiger partial charge is 0.0498 e. The Hall–Kier alpha value is -1.94. The van der Waals surface area contributed by atoms with Gasteiger partial charge in [-0.3, -0.25) is 0 Å². The topological polar surface area (TPSA) is 15.8 Å². The highest BCUT2D eigenvalue weighted by Gasteiger charge is 2.07. The second-order valence-electron chi connectivity index (χ2n) is 3.70. The van der Waals surface area contributed by atoms with Gasteiger partial charge in [-0.25, -0.2) is 0 Å². The molecule has 0 unspecified atom stereocenters. The molecular weight excluding hydrogens is 182 g/mol. The van der Waals surface area contributed by atoms with Crippen LogP contribution in [0.4, 0.5) is 0 Å². The zero-order valence-corrected chi connectivity index (χ0v) is 8.38. The summed E-state index contributed by atoms with van der Waals surface area (Å²) in [4.78, 5) is 3.43. The maximum absolute atomic E-state index is 3.43. The summed E-state index contributed by atoms with van der Waals surface area (Å²) in [6.07, 6.45) is 6.00. The molecule has 1 N–H and O–H groups in total. The zero-order chi connectivity index (χ0) is 10.1. The molecule has 1 heteroatoms. The predicted molar refractivity (Wildman–Crippen MR) is 63.4 cm³/mol. The lowest BCUT2D eigenvalue weighted by molar-refractivity contribution is 1.18. The van der Waals surface area contributed by atoms with Crippen LogP contribution in [0.25, 0.3) is 17.0 Å². The molecule has 0 saturated heterocycles. The van der Waals surface area contributed by atoms with Crippen molar-refractivity contribution in [2.45, 2.75) is 12.8 Å². The number of allylic oxidation sites excluding steroid dienone is 1. The fourth-order valence-corrected chi connectivity index (χ4v) is 2.01. The molecule has 1 aromatic carbocycles. The van der Waals surface area contributed by atoms with E-state index in [1.807, 2.05) is 0 Å². The van der Waals surface area contributed by atoms with Crippen molar-refractivity contribution in [3.63, 3.8) is 0 Å². The Kier molecular flexibility index (Phi) is 1.86. The quantitative estimate of drug-likeness (QED) is 0.619. The summed E-state index contributed by atoms with van der Waals surface area (Å²) >= 11 is 0.